The monoisotopic (exact) mass is 1860 g/mol. The van der Waals surface area contributed by atoms with Gasteiger partial charge in [0.15, 0.2) is 98.4 Å². The molecule has 5 rings (SSSR count). The van der Waals surface area contributed by atoms with Crippen molar-refractivity contribution in [3.05, 3.63) is 35.9 Å². The molecule has 4 aliphatic rings. The molecule has 4 aliphatic heterocycles. The smallest absolute Gasteiger partial charge is 0.306 e. The highest BCUT2D eigenvalue weighted by Crippen LogP contribution is 2.36. The van der Waals surface area contributed by atoms with Crippen LogP contribution in [0.1, 0.15) is 155 Å². The van der Waals surface area contributed by atoms with Crippen molar-refractivity contribution in [1.82, 2.24) is 15.1 Å². The van der Waals surface area contributed by atoms with Crippen LogP contribution in [0.25, 0.3) is 0 Å². The van der Waals surface area contributed by atoms with Crippen LogP contribution in [0.3, 0.4) is 0 Å². The number of amides is 3. The summed E-state index contributed by atoms with van der Waals surface area (Å²) in [5.41, 5.74) is 0.675. The van der Waals surface area contributed by atoms with Crippen LogP contribution in [0.5, 0.6) is 0 Å². The Labute approximate surface area is 745 Å². The SMILES string of the molecule is CC(=O)OC[C@H]1O[C@H](OCCN(CCO[C@H]2O[C@H](COC(C)=O)[C@@H](OC(C)=O)[C@H](OC(C)=O)[C@@H]2OC(C)=O)C(=O)CC[C@H](NC(=O)CCCCC(=O)OCc2ccccc2)C(=O)N(CCO[C@H]2O[C@H](COC(C)=O)[C@@H](OC(C)=O)[C@H](OC(C)=O)[C@@H]2OC(C)=O)CCO[C@H]2O[C@H](COC(C)=O)[C@@H](OC(C)=O)[C@H](OC(C)=O)[C@@H]2OC(C)=O)[C@@H](OC(C)=O)[C@@H](OC(C)=O)[C@@H]1OC(C)=O. The summed E-state index contributed by atoms with van der Waals surface area (Å²) in [7, 11) is 0. The minimum atomic E-state index is -1.91. The molecule has 0 unspecified atom stereocenters. The van der Waals surface area contributed by atoms with Gasteiger partial charge in [0.05, 0.1) is 26.4 Å². The Balaban J connectivity index is 1.71. The number of nitrogens with zero attached hydrogens (tertiary/aromatic N) is 2. The highest BCUT2D eigenvalue weighted by Gasteiger charge is 2.58. The van der Waals surface area contributed by atoms with Gasteiger partial charge in [-0.1, -0.05) is 30.3 Å². The van der Waals surface area contributed by atoms with E-state index in [2.05, 4.69) is 5.32 Å². The number of hydrogen-bond acceptors (Lipinski definition) is 45. The fourth-order valence-electron chi connectivity index (χ4n) is 13.6. The predicted octanol–water partition coefficient (Wildman–Crippen LogP) is -0.389. The van der Waals surface area contributed by atoms with Gasteiger partial charge in [0.2, 0.25) is 17.7 Å². The fourth-order valence-corrected chi connectivity index (χ4v) is 13.6. The summed E-state index contributed by atoms with van der Waals surface area (Å²) in [6, 6.07) is 6.78. The Hall–Kier alpha value is -11.7. The Morgan fingerprint density at radius 3 is 0.823 bits per heavy atom. The number of esters is 17. The molecule has 3 amide bonds. The molecule has 130 heavy (non-hydrogen) atoms. The Morgan fingerprint density at radius 1 is 0.300 bits per heavy atom. The van der Waals surface area contributed by atoms with Crippen molar-refractivity contribution in [2.45, 2.75) is 285 Å². The van der Waals surface area contributed by atoms with Gasteiger partial charge in [-0.3, -0.25) is 95.9 Å². The number of unbranched alkanes of at least 4 members (excludes halogenated alkanes) is 1. The first-order valence-corrected chi connectivity index (χ1v) is 41.0. The van der Waals surface area contributed by atoms with E-state index in [0.717, 1.165) is 121 Å². The molecule has 0 aromatic heterocycles. The third-order valence-electron chi connectivity index (χ3n) is 18.6. The van der Waals surface area contributed by atoms with E-state index < -0.39 is 346 Å². The lowest BCUT2D eigenvalue weighted by Gasteiger charge is -2.44. The molecule has 48 nitrogen and oxygen atoms in total. The van der Waals surface area contributed by atoms with Crippen LogP contribution in [0, 0.1) is 0 Å². The summed E-state index contributed by atoms with van der Waals surface area (Å²) in [6.45, 7) is 7.04. The largest absolute Gasteiger partial charge is 0.463 e. The van der Waals surface area contributed by atoms with E-state index in [1.54, 1.807) is 30.3 Å². The first kappa shape index (κ1) is 109. The molecule has 0 saturated carbocycles. The van der Waals surface area contributed by atoms with Gasteiger partial charge in [-0.15, -0.1) is 0 Å². The second-order valence-corrected chi connectivity index (χ2v) is 29.5. The van der Waals surface area contributed by atoms with Crippen molar-refractivity contribution in [2.24, 2.45) is 0 Å². The summed E-state index contributed by atoms with van der Waals surface area (Å²) in [4.78, 5) is 264. The van der Waals surface area contributed by atoms with Crippen LogP contribution in [-0.4, -0.2) is 337 Å². The Kier molecular flexibility index (Phi) is 45.8. The molecule has 0 spiro atoms. The average Bonchev–Trinajstić information content (AvgIpc) is 0.799. The normalized spacial score (nSPS) is 25.2. The number of nitrogens with one attached hydrogen (secondary N) is 1. The van der Waals surface area contributed by atoms with Crippen LogP contribution in [0.15, 0.2) is 30.3 Å². The van der Waals surface area contributed by atoms with Crippen LogP contribution < -0.4 is 5.32 Å². The number of carbonyl (C=O) groups is 20. The van der Waals surface area contributed by atoms with Gasteiger partial charge < -0.3 is 134 Å². The van der Waals surface area contributed by atoms with E-state index >= 15 is 9.59 Å². The number of hydrogen-bond donors (Lipinski definition) is 1. The second kappa shape index (κ2) is 54.7. The van der Waals surface area contributed by atoms with Crippen molar-refractivity contribution in [1.29, 1.82) is 0 Å². The molecule has 1 aromatic carbocycles. The summed E-state index contributed by atoms with van der Waals surface area (Å²) in [6.07, 6.45) is -37.2. The first-order valence-electron chi connectivity index (χ1n) is 41.0. The van der Waals surface area contributed by atoms with Crippen LogP contribution >= 0.6 is 0 Å². The lowest BCUT2D eigenvalue weighted by molar-refractivity contribution is -0.309. The zero-order valence-electron chi connectivity index (χ0n) is 74.7. The Morgan fingerprint density at radius 2 is 0.554 bits per heavy atom. The molecule has 4 heterocycles. The number of ether oxygens (including phenoxy) is 25. The molecule has 0 aliphatic carbocycles. The molecule has 726 valence electrons. The minimum absolute atomic E-state index is 0.0334. The van der Waals surface area contributed by atoms with Crippen molar-refractivity contribution >= 4 is 119 Å². The summed E-state index contributed by atoms with van der Waals surface area (Å²) in [5.74, 6) is -19.2. The molecule has 0 radical (unpaired) electrons. The number of benzene rings is 1. The molecule has 21 atom stereocenters. The molecule has 1 aromatic rings. The van der Waals surface area contributed by atoms with E-state index in [0.29, 0.717) is 5.56 Å². The van der Waals surface area contributed by atoms with Crippen molar-refractivity contribution in [3.8, 4) is 0 Å². The minimum Gasteiger partial charge on any atom is -0.463 e. The van der Waals surface area contributed by atoms with Crippen LogP contribution in [0.4, 0.5) is 0 Å². The molecule has 1 N–H and O–H groups in total. The van der Waals surface area contributed by atoms with Gasteiger partial charge in [0.25, 0.3) is 0 Å². The molecule has 4 fully saturated rings. The van der Waals surface area contributed by atoms with Crippen molar-refractivity contribution in [2.75, 3.05) is 79.0 Å². The predicted molar refractivity (Wildman–Crippen MR) is 421 cm³/mol. The molecule has 0 bridgehead atoms. The third-order valence-corrected chi connectivity index (χ3v) is 18.6. The zero-order chi connectivity index (χ0) is 96.8. The van der Waals surface area contributed by atoms with Crippen molar-refractivity contribution < 1.29 is 214 Å². The van der Waals surface area contributed by atoms with Crippen molar-refractivity contribution in [3.63, 3.8) is 0 Å². The van der Waals surface area contributed by atoms with Gasteiger partial charge in [0.1, 0.15) is 63.5 Å². The highest BCUT2D eigenvalue weighted by atomic mass is 16.8. The maximum atomic E-state index is 16.1. The van der Waals surface area contributed by atoms with Crippen LogP contribution in [-0.2, 0) is 221 Å². The molecular formula is C82H113N3O45. The number of rotatable bonds is 48. The summed E-state index contributed by atoms with van der Waals surface area (Å²) >= 11 is 0. The second-order valence-electron chi connectivity index (χ2n) is 29.5. The van der Waals surface area contributed by atoms with E-state index in [1.807, 2.05) is 0 Å². The molecule has 4 saturated heterocycles. The lowest BCUT2D eigenvalue weighted by Crippen LogP contribution is -2.63. The molecular weight excluding hydrogens is 1750 g/mol. The quantitative estimate of drug-likeness (QED) is 0.0493. The standard InChI is InChI=1S/C82H113N3O45/c1-41(86)110-37-59-66(115-45(5)90)70(119-49(9)94)74(123-53(13)98)79(127-59)106-32-28-84(29-33-107-80-75(124-54(14)99)71(120-50(10)95)67(116-46(6)91)60(128-80)38-111-42(2)87)64(103)27-26-58(83-63(102)24-20-21-25-65(104)114-36-57-22-18-17-19-23-57)78(105)85(30-34-108-81-76(125-55(15)100)72(121-51(11)96)68(117-47(7)92)61(129-81)39-112-43(3)88)31-35-109-82-77(126-56(16)101)73(122-52(12)97)69(118-48(8)93)62(130-82)40-113-44(4)89/h17-19,22-23,58-62,66-77,79-82H,20-21,24-40H2,1-16H3,(H,83,102)/t58-,59+,60+,61+,62+,66+,67+,68+,69+,70-,71-,72-,73-,74-,75-,76-,77-,79-,80-,81-,82-/m0/s1. The van der Waals surface area contributed by atoms with E-state index in [1.165, 1.54) is 0 Å². The third kappa shape index (κ3) is 38.2. The van der Waals surface area contributed by atoms with E-state index in [4.69, 9.17) is 118 Å². The summed E-state index contributed by atoms with van der Waals surface area (Å²) in [5, 5.41) is 2.64. The van der Waals surface area contributed by atoms with Gasteiger partial charge in [-0.05, 0) is 24.8 Å². The highest BCUT2D eigenvalue weighted by molar-refractivity contribution is 5.88. The van der Waals surface area contributed by atoms with E-state index in [9.17, 15) is 86.3 Å². The molecule has 48 heteroatoms. The maximum absolute atomic E-state index is 16.1. The van der Waals surface area contributed by atoms with Crippen LogP contribution in [0.2, 0.25) is 0 Å². The Bertz CT molecular complexity index is 3870. The topological polar surface area (TPSA) is 591 Å². The first-order chi connectivity index (χ1) is 61.3. The van der Waals surface area contributed by atoms with Gasteiger partial charge in [-0.2, -0.15) is 0 Å². The maximum Gasteiger partial charge on any atom is 0.306 e. The van der Waals surface area contributed by atoms with E-state index in [-0.39, 0.29) is 25.9 Å². The van der Waals surface area contributed by atoms with Gasteiger partial charge >= 0.3 is 101 Å². The van der Waals surface area contributed by atoms with Gasteiger partial charge in [0, 0.05) is 156 Å². The number of carbonyl (C=O) groups excluding carboxylic acids is 20. The lowest BCUT2D eigenvalue weighted by atomic mass is 9.98. The average molecular weight is 1860 g/mol. The zero-order valence-corrected chi connectivity index (χ0v) is 74.7. The summed E-state index contributed by atoms with van der Waals surface area (Å²) < 4.78 is 143. The van der Waals surface area contributed by atoms with Gasteiger partial charge in [-0.25, -0.2) is 0 Å². The fraction of sp³-hybridized carbons (Fsp3) is 0.683.